The first-order valence-corrected chi connectivity index (χ1v) is 12.2. The van der Waals surface area contributed by atoms with Crippen LogP contribution >= 0.6 is 0 Å². The van der Waals surface area contributed by atoms with Gasteiger partial charge in [0.25, 0.3) is 0 Å². The Kier molecular flexibility index (Phi) is 6.21. The van der Waals surface area contributed by atoms with Gasteiger partial charge in [-0.15, -0.1) is 0 Å². The van der Waals surface area contributed by atoms with Crippen LogP contribution in [0.25, 0.3) is 11.4 Å². The number of fused-ring (bicyclic) bond motifs is 4. The van der Waals surface area contributed by atoms with Gasteiger partial charge < -0.3 is 20.3 Å². The average Bonchev–Trinajstić information content (AvgIpc) is 3.14. The molecule has 2 saturated heterocycles. The van der Waals surface area contributed by atoms with E-state index in [9.17, 15) is 4.79 Å². The van der Waals surface area contributed by atoms with Crippen LogP contribution in [0.3, 0.4) is 0 Å². The zero-order valence-corrected chi connectivity index (χ0v) is 19.8. The Labute approximate surface area is 195 Å². The van der Waals surface area contributed by atoms with Crippen LogP contribution in [-0.2, 0) is 11.2 Å². The fourth-order valence-corrected chi connectivity index (χ4v) is 5.59. The number of hydrogen-bond acceptors (Lipinski definition) is 6. The van der Waals surface area contributed by atoms with Crippen LogP contribution in [0.1, 0.15) is 50.9 Å². The van der Waals surface area contributed by atoms with Crippen molar-refractivity contribution in [3.05, 3.63) is 35.5 Å². The van der Waals surface area contributed by atoms with Crippen molar-refractivity contribution in [1.29, 1.82) is 0 Å². The number of carbonyl (C=O) groups is 1. The van der Waals surface area contributed by atoms with E-state index in [-0.39, 0.29) is 6.03 Å². The van der Waals surface area contributed by atoms with Gasteiger partial charge in [-0.2, -0.15) is 0 Å². The fourth-order valence-electron chi connectivity index (χ4n) is 5.59. The number of nitrogens with zero attached hydrogens (tertiary/aromatic N) is 4. The monoisotopic (exact) mass is 450 g/mol. The molecule has 1 aromatic heterocycles. The summed E-state index contributed by atoms with van der Waals surface area (Å²) in [4.78, 5) is 27.1. The zero-order valence-electron chi connectivity index (χ0n) is 19.8. The second-order valence-electron chi connectivity index (χ2n) is 9.38. The molecule has 3 aliphatic heterocycles. The van der Waals surface area contributed by atoms with Crippen molar-refractivity contribution in [2.45, 2.75) is 58.2 Å². The molecule has 0 saturated carbocycles. The normalized spacial score (nSPS) is 22.4. The van der Waals surface area contributed by atoms with Crippen LogP contribution < -0.4 is 15.5 Å². The largest absolute Gasteiger partial charge is 0.378 e. The highest BCUT2D eigenvalue weighted by molar-refractivity contribution is 5.89. The Balaban J connectivity index is 1.51. The molecule has 2 atom stereocenters. The van der Waals surface area contributed by atoms with Gasteiger partial charge in [0, 0.05) is 61.0 Å². The molecule has 8 nitrogen and oxygen atoms in total. The number of amides is 2. The number of carbonyl (C=O) groups excluding carboxylic acids is 1. The zero-order chi connectivity index (χ0) is 22.9. The third-order valence-corrected chi connectivity index (χ3v) is 6.97. The average molecular weight is 451 g/mol. The van der Waals surface area contributed by atoms with Gasteiger partial charge in [0.15, 0.2) is 5.82 Å². The molecule has 176 valence electrons. The Hall–Kier alpha value is -2.71. The second-order valence-corrected chi connectivity index (χ2v) is 9.38. The molecule has 2 aromatic rings. The lowest BCUT2D eigenvalue weighted by atomic mass is 9.95. The second kappa shape index (κ2) is 9.27. The third kappa shape index (κ3) is 4.29. The van der Waals surface area contributed by atoms with E-state index in [4.69, 9.17) is 14.7 Å². The molecule has 2 amide bonds. The molecule has 0 radical (unpaired) electrons. The molecule has 1 aromatic carbocycles. The van der Waals surface area contributed by atoms with Crippen LogP contribution in [0.15, 0.2) is 24.3 Å². The van der Waals surface area contributed by atoms with Gasteiger partial charge in [-0.05, 0) is 57.9 Å². The summed E-state index contributed by atoms with van der Waals surface area (Å²) in [6.07, 6.45) is 3.38. The van der Waals surface area contributed by atoms with Crippen LogP contribution in [0, 0.1) is 0 Å². The molecule has 4 heterocycles. The summed E-state index contributed by atoms with van der Waals surface area (Å²) < 4.78 is 5.63. The van der Waals surface area contributed by atoms with Crippen LogP contribution in [0.4, 0.5) is 16.3 Å². The molecule has 2 bridgehead atoms. The van der Waals surface area contributed by atoms with Gasteiger partial charge >= 0.3 is 6.03 Å². The Morgan fingerprint density at radius 2 is 1.91 bits per heavy atom. The van der Waals surface area contributed by atoms with E-state index in [1.54, 1.807) is 0 Å². The van der Waals surface area contributed by atoms with Gasteiger partial charge in [0.05, 0.1) is 18.9 Å². The standard InChI is InChI=1S/C25H34N6O2/c1-4-26-25(32)27-18-7-5-17(6-8-18)23-28-20-15-19-9-10-21(31(19)16(2)3)22(20)24(29-23)30-11-13-33-14-12-30/h5-8,16,19,21H,4,9-15H2,1-3H3,(H2,26,27,32). The lowest BCUT2D eigenvalue weighted by Crippen LogP contribution is -2.44. The summed E-state index contributed by atoms with van der Waals surface area (Å²) >= 11 is 0. The topological polar surface area (TPSA) is 82.6 Å². The number of hydrogen-bond donors (Lipinski definition) is 2. The molecule has 2 unspecified atom stereocenters. The van der Waals surface area contributed by atoms with Gasteiger partial charge in [-0.1, -0.05) is 0 Å². The molecule has 33 heavy (non-hydrogen) atoms. The molecule has 0 spiro atoms. The van der Waals surface area contributed by atoms with Crippen LogP contribution in [0.2, 0.25) is 0 Å². The first-order valence-electron chi connectivity index (χ1n) is 12.2. The summed E-state index contributed by atoms with van der Waals surface area (Å²) in [7, 11) is 0. The van der Waals surface area contributed by atoms with Gasteiger partial charge in [0.2, 0.25) is 0 Å². The van der Waals surface area contributed by atoms with Crippen molar-refractivity contribution in [3.63, 3.8) is 0 Å². The molecule has 0 aliphatic carbocycles. The maximum absolute atomic E-state index is 11.8. The van der Waals surface area contributed by atoms with Crippen molar-refractivity contribution in [2.75, 3.05) is 43.1 Å². The molecule has 8 heteroatoms. The van der Waals surface area contributed by atoms with E-state index in [0.29, 0.717) is 24.7 Å². The number of ether oxygens (including phenoxy) is 1. The summed E-state index contributed by atoms with van der Waals surface area (Å²) in [6.45, 7) is 10.3. The van der Waals surface area contributed by atoms with Crippen molar-refractivity contribution < 1.29 is 9.53 Å². The van der Waals surface area contributed by atoms with E-state index < -0.39 is 0 Å². The first-order chi connectivity index (χ1) is 16.0. The molecule has 5 rings (SSSR count). The minimum atomic E-state index is -0.199. The van der Waals surface area contributed by atoms with E-state index in [2.05, 4.69) is 34.3 Å². The predicted octanol–water partition coefficient (Wildman–Crippen LogP) is 3.59. The third-order valence-electron chi connectivity index (χ3n) is 6.97. The highest BCUT2D eigenvalue weighted by atomic mass is 16.5. The van der Waals surface area contributed by atoms with E-state index in [1.165, 1.54) is 24.1 Å². The number of aromatic nitrogens is 2. The van der Waals surface area contributed by atoms with E-state index in [0.717, 1.165) is 55.6 Å². The molecular formula is C25H34N6O2. The van der Waals surface area contributed by atoms with Crippen molar-refractivity contribution in [2.24, 2.45) is 0 Å². The van der Waals surface area contributed by atoms with Crippen molar-refractivity contribution in [1.82, 2.24) is 20.2 Å². The number of urea groups is 1. The number of morpholine rings is 1. The minimum absolute atomic E-state index is 0.199. The smallest absolute Gasteiger partial charge is 0.319 e. The van der Waals surface area contributed by atoms with Gasteiger partial charge in [-0.25, -0.2) is 14.8 Å². The van der Waals surface area contributed by atoms with Crippen molar-refractivity contribution in [3.8, 4) is 11.4 Å². The van der Waals surface area contributed by atoms with Crippen molar-refractivity contribution >= 4 is 17.5 Å². The maximum Gasteiger partial charge on any atom is 0.319 e. The first kappa shape index (κ1) is 22.1. The number of benzene rings is 1. The molecule has 2 fully saturated rings. The Morgan fingerprint density at radius 1 is 1.15 bits per heavy atom. The van der Waals surface area contributed by atoms with Gasteiger partial charge in [0.1, 0.15) is 5.82 Å². The number of nitrogens with one attached hydrogen (secondary N) is 2. The number of anilines is 2. The summed E-state index contributed by atoms with van der Waals surface area (Å²) in [5, 5.41) is 5.60. The Bertz CT molecular complexity index is 1000. The SMILES string of the molecule is CCNC(=O)Nc1ccc(-c2nc3c(c(N4CCOCC4)n2)C2CCC(C3)N2C(C)C)cc1. The quantitative estimate of drug-likeness (QED) is 0.724. The van der Waals surface area contributed by atoms with Crippen LogP contribution in [0.5, 0.6) is 0 Å². The highest BCUT2D eigenvalue weighted by Gasteiger charge is 2.44. The molecule has 2 N–H and O–H groups in total. The van der Waals surface area contributed by atoms with Gasteiger partial charge in [-0.3, -0.25) is 4.90 Å². The fraction of sp³-hybridized carbons (Fsp3) is 0.560. The van der Waals surface area contributed by atoms with E-state index >= 15 is 0 Å². The number of rotatable bonds is 5. The minimum Gasteiger partial charge on any atom is -0.378 e. The maximum atomic E-state index is 11.8. The summed E-state index contributed by atoms with van der Waals surface area (Å²) in [5.74, 6) is 1.84. The predicted molar refractivity (Wildman–Crippen MR) is 130 cm³/mol. The highest BCUT2D eigenvalue weighted by Crippen LogP contribution is 2.47. The summed E-state index contributed by atoms with van der Waals surface area (Å²) in [6, 6.07) is 9.07. The Morgan fingerprint density at radius 3 is 2.61 bits per heavy atom. The van der Waals surface area contributed by atoms with E-state index in [1.807, 2.05) is 31.2 Å². The lowest BCUT2D eigenvalue weighted by molar-refractivity contribution is 0.120. The summed E-state index contributed by atoms with van der Waals surface area (Å²) in [5.41, 5.74) is 4.25. The lowest BCUT2D eigenvalue weighted by Gasteiger charge is -2.41. The molecular weight excluding hydrogens is 416 g/mol. The molecule has 3 aliphatic rings. The van der Waals surface area contributed by atoms with Crippen LogP contribution in [-0.4, -0.2) is 65.8 Å².